The summed E-state index contributed by atoms with van der Waals surface area (Å²) in [5.41, 5.74) is 1.42. The Labute approximate surface area is 99.5 Å². The maximum absolute atomic E-state index is 4.32. The van der Waals surface area contributed by atoms with E-state index in [2.05, 4.69) is 28.7 Å². The highest BCUT2D eigenvalue weighted by Crippen LogP contribution is 2.21. The van der Waals surface area contributed by atoms with E-state index in [-0.39, 0.29) is 0 Å². The topological polar surface area (TPSA) is 18.5 Å². The van der Waals surface area contributed by atoms with Crippen LogP contribution in [0.25, 0.3) is 0 Å². The van der Waals surface area contributed by atoms with E-state index in [1.807, 2.05) is 0 Å². The Kier molecular flexibility index (Phi) is 4.38. The lowest BCUT2D eigenvalue weighted by molar-refractivity contribution is 0.191. The molecule has 0 radical (unpaired) electrons. The van der Waals surface area contributed by atoms with Crippen LogP contribution in [0.15, 0.2) is 12.2 Å². The summed E-state index contributed by atoms with van der Waals surface area (Å²) in [4.78, 5) is 5.01. The van der Waals surface area contributed by atoms with Crippen LogP contribution in [0, 0.1) is 0 Å². The van der Waals surface area contributed by atoms with Crippen LogP contribution in [0.2, 0.25) is 0 Å². The molecule has 0 aromatic carbocycles. The number of likely N-dealkylation sites (tertiary alicyclic amines) is 1. The molecule has 1 N–H and O–H groups in total. The summed E-state index contributed by atoms with van der Waals surface area (Å²) in [5.74, 6) is 0. The number of hydrogen-bond acceptors (Lipinski definition) is 3. The third-order valence-electron chi connectivity index (χ3n) is 3.88. The van der Waals surface area contributed by atoms with Crippen molar-refractivity contribution in [2.24, 2.45) is 0 Å². The first kappa shape index (κ1) is 12.1. The van der Waals surface area contributed by atoms with Gasteiger partial charge in [-0.2, -0.15) is 0 Å². The Morgan fingerprint density at radius 3 is 2.69 bits per heavy atom. The molecular weight excluding hydrogens is 198 g/mol. The van der Waals surface area contributed by atoms with Gasteiger partial charge >= 0.3 is 0 Å². The molecule has 2 saturated heterocycles. The van der Waals surface area contributed by atoms with Gasteiger partial charge in [0.05, 0.1) is 0 Å². The van der Waals surface area contributed by atoms with Crippen molar-refractivity contribution in [2.75, 3.05) is 46.3 Å². The van der Waals surface area contributed by atoms with Crippen molar-refractivity contribution in [3.8, 4) is 0 Å². The average molecular weight is 223 g/mol. The summed E-state index contributed by atoms with van der Waals surface area (Å²) in [7, 11) is 2.24. The van der Waals surface area contributed by atoms with Gasteiger partial charge < -0.3 is 5.32 Å². The Bertz CT molecular complexity index is 233. The number of nitrogens with zero attached hydrogens (tertiary/aromatic N) is 2. The molecule has 0 aromatic rings. The number of rotatable bonds is 3. The summed E-state index contributed by atoms with van der Waals surface area (Å²) in [6.07, 6.45) is 4.03. The predicted molar refractivity (Wildman–Crippen MR) is 68.7 cm³/mol. The van der Waals surface area contributed by atoms with Gasteiger partial charge in [0.15, 0.2) is 0 Å². The molecule has 2 fully saturated rings. The molecule has 0 bridgehead atoms. The normalized spacial score (nSPS) is 29.2. The van der Waals surface area contributed by atoms with E-state index in [1.54, 1.807) is 0 Å². The number of nitrogens with one attached hydrogen (secondary N) is 1. The van der Waals surface area contributed by atoms with E-state index in [0.29, 0.717) is 6.04 Å². The molecule has 3 nitrogen and oxygen atoms in total. The molecule has 0 amide bonds. The van der Waals surface area contributed by atoms with Gasteiger partial charge in [-0.25, -0.2) is 0 Å². The molecule has 16 heavy (non-hydrogen) atoms. The van der Waals surface area contributed by atoms with Crippen LogP contribution in [0.3, 0.4) is 0 Å². The van der Waals surface area contributed by atoms with Crippen molar-refractivity contribution in [1.29, 1.82) is 0 Å². The highest BCUT2D eigenvalue weighted by atomic mass is 15.2. The number of piperidine rings is 1. The Morgan fingerprint density at radius 1 is 1.25 bits per heavy atom. The second-order valence-corrected chi connectivity index (χ2v) is 5.18. The Balaban J connectivity index is 1.81. The van der Waals surface area contributed by atoms with E-state index < -0.39 is 0 Å². The zero-order valence-electron chi connectivity index (χ0n) is 10.5. The highest BCUT2D eigenvalue weighted by molar-refractivity contribution is 5.09. The van der Waals surface area contributed by atoms with Crippen LogP contribution in [-0.2, 0) is 0 Å². The van der Waals surface area contributed by atoms with Crippen molar-refractivity contribution in [3.05, 3.63) is 12.2 Å². The lowest BCUT2D eigenvalue weighted by Crippen LogP contribution is -2.46. The summed E-state index contributed by atoms with van der Waals surface area (Å²) in [6.45, 7) is 11.3. The van der Waals surface area contributed by atoms with Gasteiger partial charge in [0.2, 0.25) is 0 Å². The molecule has 0 aromatic heterocycles. The molecular formula is C13H25N3. The summed E-state index contributed by atoms with van der Waals surface area (Å²) < 4.78 is 0. The van der Waals surface area contributed by atoms with Crippen LogP contribution >= 0.6 is 0 Å². The van der Waals surface area contributed by atoms with E-state index in [0.717, 1.165) is 19.6 Å². The zero-order valence-corrected chi connectivity index (χ0v) is 10.5. The number of likely N-dealkylation sites (N-methyl/N-ethyl adjacent to an activating group) is 1. The SMILES string of the molecule is C=C(CN1CCNCC1)C1CCCCN1C. The first-order chi connectivity index (χ1) is 7.77. The van der Waals surface area contributed by atoms with Crippen LogP contribution in [0.5, 0.6) is 0 Å². The zero-order chi connectivity index (χ0) is 11.4. The van der Waals surface area contributed by atoms with Crippen molar-refractivity contribution in [3.63, 3.8) is 0 Å². The van der Waals surface area contributed by atoms with Crippen LogP contribution in [0.4, 0.5) is 0 Å². The summed E-state index contributed by atoms with van der Waals surface area (Å²) in [6, 6.07) is 0.628. The van der Waals surface area contributed by atoms with Crippen LogP contribution < -0.4 is 5.32 Å². The van der Waals surface area contributed by atoms with Gasteiger partial charge in [-0.15, -0.1) is 0 Å². The van der Waals surface area contributed by atoms with Gasteiger partial charge in [0.1, 0.15) is 0 Å². The van der Waals surface area contributed by atoms with E-state index >= 15 is 0 Å². The molecule has 92 valence electrons. The van der Waals surface area contributed by atoms with Gasteiger partial charge in [-0.1, -0.05) is 13.0 Å². The fourth-order valence-corrected chi connectivity index (χ4v) is 2.85. The van der Waals surface area contributed by atoms with E-state index in [1.165, 1.54) is 44.5 Å². The van der Waals surface area contributed by atoms with Crippen molar-refractivity contribution in [2.45, 2.75) is 25.3 Å². The molecule has 1 atom stereocenters. The molecule has 2 aliphatic rings. The smallest absolute Gasteiger partial charge is 0.0314 e. The first-order valence-electron chi connectivity index (χ1n) is 6.58. The monoisotopic (exact) mass is 223 g/mol. The molecule has 0 aliphatic carbocycles. The molecule has 2 aliphatic heterocycles. The minimum absolute atomic E-state index is 0.628. The summed E-state index contributed by atoms with van der Waals surface area (Å²) >= 11 is 0. The second kappa shape index (κ2) is 5.80. The second-order valence-electron chi connectivity index (χ2n) is 5.18. The standard InChI is InChI=1S/C13H25N3/c1-12(11-16-9-6-14-7-10-16)13-5-3-4-8-15(13)2/h13-14H,1,3-11H2,2H3. The quantitative estimate of drug-likeness (QED) is 0.718. The molecule has 2 heterocycles. The maximum atomic E-state index is 4.32. The minimum atomic E-state index is 0.628. The Morgan fingerprint density at radius 2 is 2.00 bits per heavy atom. The maximum Gasteiger partial charge on any atom is 0.0314 e. The largest absolute Gasteiger partial charge is 0.314 e. The van der Waals surface area contributed by atoms with Crippen molar-refractivity contribution in [1.82, 2.24) is 15.1 Å². The van der Waals surface area contributed by atoms with Crippen molar-refractivity contribution < 1.29 is 0 Å². The predicted octanol–water partition coefficient (Wildman–Crippen LogP) is 0.932. The van der Waals surface area contributed by atoms with Crippen LogP contribution in [-0.4, -0.2) is 62.2 Å². The summed E-state index contributed by atoms with van der Waals surface area (Å²) in [5, 5.41) is 3.39. The van der Waals surface area contributed by atoms with Gasteiger partial charge in [-0.05, 0) is 32.0 Å². The van der Waals surface area contributed by atoms with Crippen molar-refractivity contribution >= 4 is 0 Å². The first-order valence-corrected chi connectivity index (χ1v) is 6.58. The average Bonchev–Trinajstić information content (AvgIpc) is 2.31. The molecule has 0 saturated carbocycles. The Hall–Kier alpha value is -0.380. The van der Waals surface area contributed by atoms with Crippen LogP contribution in [0.1, 0.15) is 19.3 Å². The highest BCUT2D eigenvalue weighted by Gasteiger charge is 2.22. The van der Waals surface area contributed by atoms with Gasteiger partial charge in [-0.3, -0.25) is 9.80 Å². The van der Waals surface area contributed by atoms with Gasteiger partial charge in [0.25, 0.3) is 0 Å². The number of piperazine rings is 1. The molecule has 3 heteroatoms. The lowest BCUT2D eigenvalue weighted by atomic mass is 9.96. The fraction of sp³-hybridized carbons (Fsp3) is 0.846. The fourth-order valence-electron chi connectivity index (χ4n) is 2.85. The molecule has 1 unspecified atom stereocenters. The minimum Gasteiger partial charge on any atom is -0.314 e. The molecule has 0 spiro atoms. The van der Waals surface area contributed by atoms with E-state index in [4.69, 9.17) is 0 Å². The number of hydrogen-bond donors (Lipinski definition) is 1. The molecule has 2 rings (SSSR count). The lowest BCUT2D eigenvalue weighted by Gasteiger charge is -2.36. The van der Waals surface area contributed by atoms with Gasteiger partial charge in [0, 0.05) is 38.8 Å². The van der Waals surface area contributed by atoms with E-state index in [9.17, 15) is 0 Å². The third-order valence-corrected chi connectivity index (χ3v) is 3.88. The third kappa shape index (κ3) is 3.06.